The maximum Gasteiger partial charge on any atom is 0.673 e. The number of hydrogen-bond acceptors (Lipinski definition) is 6. The lowest BCUT2D eigenvalue weighted by Gasteiger charge is -2.31. The summed E-state index contributed by atoms with van der Waals surface area (Å²) in [6.07, 6.45) is 1.50. The van der Waals surface area contributed by atoms with Gasteiger partial charge in [-0.15, -0.1) is 5.11 Å². The molecule has 0 N–H and O–H groups in total. The SMILES string of the molecule is F[B-](F)(F)F.O=C(c1coc2ccccc12)C(N=Nc1ccc([N+](=O)[O-])cc1)[P+](c1ccccc1)(c1ccccc1)c1ccccc1. The summed E-state index contributed by atoms with van der Waals surface area (Å²) in [6, 6.07) is 43.2. The third-order valence-corrected chi connectivity index (χ3v) is 11.6. The number of carbonyl (C=O) groups excluding carboxylic acids is 1. The Morgan fingerprint density at radius 2 is 1.15 bits per heavy atom. The van der Waals surface area contributed by atoms with Crippen molar-refractivity contribution in [3.63, 3.8) is 0 Å². The van der Waals surface area contributed by atoms with Crippen molar-refractivity contribution < 1.29 is 31.4 Å². The molecular weight excluding hydrogens is 632 g/mol. The number of Topliss-reactive ketones (excluding diaryl/α,β-unsaturated/α-hetero) is 1. The van der Waals surface area contributed by atoms with Crippen LogP contribution in [-0.4, -0.2) is 23.7 Å². The zero-order valence-electron chi connectivity index (χ0n) is 24.4. The van der Waals surface area contributed by atoms with E-state index in [1.807, 2.05) is 115 Å². The van der Waals surface area contributed by atoms with Crippen molar-refractivity contribution in [2.45, 2.75) is 5.78 Å². The molecule has 0 aliphatic rings. The molecule has 1 unspecified atom stereocenters. The minimum Gasteiger partial charge on any atom is -0.464 e. The Bertz CT molecular complexity index is 1890. The van der Waals surface area contributed by atoms with Crippen molar-refractivity contribution >= 4 is 58.6 Å². The van der Waals surface area contributed by atoms with Gasteiger partial charge in [-0.05, 0) is 54.6 Å². The monoisotopic (exact) mass is 657 g/mol. The summed E-state index contributed by atoms with van der Waals surface area (Å²) in [5.41, 5.74) is 1.38. The average molecular weight is 657 g/mol. The van der Waals surface area contributed by atoms with Crippen LogP contribution < -0.4 is 15.9 Å². The van der Waals surface area contributed by atoms with Crippen molar-refractivity contribution in [2.75, 3.05) is 0 Å². The van der Waals surface area contributed by atoms with E-state index in [2.05, 4.69) is 5.11 Å². The molecule has 0 amide bonds. The fourth-order valence-corrected chi connectivity index (χ4v) is 9.60. The van der Waals surface area contributed by atoms with Crippen molar-refractivity contribution in [3.05, 3.63) is 161 Å². The van der Waals surface area contributed by atoms with Gasteiger partial charge in [-0.2, -0.15) is 5.11 Å². The maximum atomic E-state index is 14.9. The molecule has 0 fully saturated rings. The predicted molar refractivity (Wildman–Crippen MR) is 177 cm³/mol. The first-order chi connectivity index (χ1) is 22.6. The van der Waals surface area contributed by atoms with E-state index >= 15 is 0 Å². The van der Waals surface area contributed by atoms with Crippen LogP contribution in [0.5, 0.6) is 0 Å². The zero-order chi connectivity index (χ0) is 33.4. The number of carbonyl (C=O) groups is 1. The van der Waals surface area contributed by atoms with Crippen molar-refractivity contribution in [2.24, 2.45) is 10.2 Å². The van der Waals surface area contributed by atoms with Gasteiger partial charge in [0, 0.05) is 17.5 Å². The highest BCUT2D eigenvalue weighted by molar-refractivity contribution is 7.96. The summed E-state index contributed by atoms with van der Waals surface area (Å²) < 4.78 is 44.8. The van der Waals surface area contributed by atoms with Gasteiger partial charge in [0.1, 0.15) is 35.0 Å². The van der Waals surface area contributed by atoms with Gasteiger partial charge < -0.3 is 21.7 Å². The number of fused-ring (bicyclic) bond motifs is 1. The number of ketones is 1. The molecule has 47 heavy (non-hydrogen) atoms. The predicted octanol–water partition coefficient (Wildman–Crippen LogP) is 8.93. The molecule has 236 valence electrons. The Morgan fingerprint density at radius 3 is 1.62 bits per heavy atom. The van der Waals surface area contributed by atoms with Crippen LogP contribution in [0.25, 0.3) is 11.0 Å². The lowest BCUT2D eigenvalue weighted by atomic mass is 10.1. The molecule has 6 aromatic rings. The molecule has 0 radical (unpaired) electrons. The number of azo groups is 1. The van der Waals surface area contributed by atoms with Crippen molar-refractivity contribution in [1.29, 1.82) is 0 Å². The minimum absolute atomic E-state index is 0.0499. The maximum absolute atomic E-state index is 14.9. The van der Waals surface area contributed by atoms with Crippen LogP contribution >= 0.6 is 7.26 Å². The van der Waals surface area contributed by atoms with Crippen LogP contribution in [0.3, 0.4) is 0 Å². The van der Waals surface area contributed by atoms with Gasteiger partial charge in [0.15, 0.2) is 0 Å². The molecule has 7 nitrogen and oxygen atoms in total. The molecule has 6 rings (SSSR count). The summed E-state index contributed by atoms with van der Waals surface area (Å²) in [6.45, 7) is 0. The summed E-state index contributed by atoms with van der Waals surface area (Å²) in [5, 5.41) is 24.2. The normalized spacial score (nSPS) is 12.3. The fourth-order valence-electron chi connectivity index (χ4n) is 5.24. The Hall–Kier alpha value is -5.48. The lowest BCUT2D eigenvalue weighted by molar-refractivity contribution is -0.384. The van der Waals surface area contributed by atoms with Crippen LogP contribution in [-0.2, 0) is 0 Å². The van der Waals surface area contributed by atoms with E-state index in [0.29, 0.717) is 22.2 Å². The highest BCUT2D eigenvalue weighted by Gasteiger charge is 2.57. The zero-order valence-corrected chi connectivity index (χ0v) is 25.3. The van der Waals surface area contributed by atoms with Crippen LogP contribution in [0.2, 0.25) is 0 Å². The number of non-ortho nitro benzene ring substituents is 1. The first kappa shape index (κ1) is 32.9. The number of benzene rings is 5. The second-order valence-corrected chi connectivity index (χ2v) is 13.6. The minimum atomic E-state index is -6.00. The topological polar surface area (TPSA) is 98.1 Å². The summed E-state index contributed by atoms with van der Waals surface area (Å²) in [7, 11) is -8.86. The number of hydrogen-bond donors (Lipinski definition) is 0. The van der Waals surface area contributed by atoms with Crippen molar-refractivity contribution in [3.8, 4) is 0 Å². The number of nitrogens with zero attached hydrogens (tertiary/aromatic N) is 3. The lowest BCUT2D eigenvalue weighted by Crippen LogP contribution is -2.41. The molecule has 13 heteroatoms. The quantitative estimate of drug-likeness (QED) is 0.0295. The van der Waals surface area contributed by atoms with Crippen molar-refractivity contribution in [1.82, 2.24) is 0 Å². The first-order valence-corrected chi connectivity index (χ1v) is 16.0. The van der Waals surface area contributed by atoms with Gasteiger partial charge in [0.05, 0.1) is 16.2 Å². The van der Waals surface area contributed by atoms with E-state index in [1.54, 1.807) is 0 Å². The Balaban J connectivity index is 0.000000807. The number of nitro benzene ring substituents is 1. The third kappa shape index (κ3) is 7.50. The van der Waals surface area contributed by atoms with E-state index in [4.69, 9.17) is 9.53 Å². The molecule has 1 aromatic heterocycles. The molecular formula is C34H25BF4N3O4P. The third-order valence-electron chi connectivity index (χ3n) is 7.18. The highest BCUT2D eigenvalue weighted by Crippen LogP contribution is 2.61. The van der Waals surface area contributed by atoms with Crippen LogP contribution in [0.1, 0.15) is 10.4 Å². The summed E-state index contributed by atoms with van der Waals surface area (Å²) in [4.78, 5) is 25.6. The fraction of sp³-hybridized carbons (Fsp3) is 0.0294. The molecule has 0 saturated heterocycles. The van der Waals surface area contributed by atoms with E-state index in [9.17, 15) is 32.2 Å². The van der Waals surface area contributed by atoms with Crippen LogP contribution in [0.15, 0.2) is 160 Å². The van der Waals surface area contributed by atoms with E-state index < -0.39 is 25.2 Å². The van der Waals surface area contributed by atoms with Gasteiger partial charge in [0.2, 0.25) is 5.78 Å². The second-order valence-electron chi connectivity index (χ2n) is 10.1. The van der Waals surface area contributed by atoms with E-state index in [0.717, 1.165) is 15.9 Å². The standard InChI is InChI=1S/C34H25N3O4P.BF4/c38-33(31-24-41-32-19-11-10-18-30(31)32)34(36-35-25-20-22-26(23-21-25)37(39)40)42(27-12-4-1-5-13-27,28-14-6-2-7-15-28)29-16-8-3-9-17-29;2-1(3,4)5/h1-24,34H;/q+1;-1. The average Bonchev–Trinajstić information content (AvgIpc) is 3.51. The van der Waals surface area contributed by atoms with Gasteiger partial charge in [-0.25, -0.2) is 0 Å². The number of para-hydroxylation sites is 1. The smallest absolute Gasteiger partial charge is 0.464 e. The number of nitro groups is 1. The summed E-state index contributed by atoms with van der Waals surface area (Å²) in [5.74, 6) is -1.20. The second kappa shape index (κ2) is 14.3. The summed E-state index contributed by atoms with van der Waals surface area (Å²) >= 11 is 0. The highest BCUT2D eigenvalue weighted by atomic mass is 31.2. The number of halogens is 4. The molecule has 0 saturated carbocycles. The van der Waals surface area contributed by atoms with Gasteiger partial charge in [-0.1, -0.05) is 72.8 Å². The molecule has 5 aromatic carbocycles. The Labute approximate surface area is 267 Å². The number of rotatable bonds is 9. The molecule has 0 bridgehead atoms. The molecule has 0 aliphatic heterocycles. The molecule has 0 aliphatic carbocycles. The molecule has 1 atom stereocenters. The van der Waals surface area contributed by atoms with Gasteiger partial charge in [0.25, 0.3) is 11.5 Å². The molecule has 0 spiro atoms. The van der Waals surface area contributed by atoms with E-state index in [1.165, 1.54) is 30.5 Å². The largest absolute Gasteiger partial charge is 0.673 e. The Morgan fingerprint density at radius 1 is 0.702 bits per heavy atom. The number of furan rings is 1. The first-order valence-electron chi connectivity index (χ1n) is 14.2. The van der Waals surface area contributed by atoms with Gasteiger partial charge >= 0.3 is 7.25 Å². The van der Waals surface area contributed by atoms with Crippen LogP contribution in [0, 0.1) is 10.1 Å². The van der Waals surface area contributed by atoms with E-state index in [-0.39, 0.29) is 11.5 Å². The van der Waals surface area contributed by atoms with Gasteiger partial charge in [-0.3, -0.25) is 14.9 Å². The Kier molecular flexibility index (Phi) is 10.0. The van der Waals surface area contributed by atoms with Crippen LogP contribution in [0.4, 0.5) is 28.6 Å². The molecule has 1 heterocycles.